The molecule has 2 aromatic rings. The summed E-state index contributed by atoms with van der Waals surface area (Å²) in [6, 6.07) is 4.22. The quantitative estimate of drug-likeness (QED) is 0.153. The first-order valence-corrected chi connectivity index (χ1v) is 11.1. The summed E-state index contributed by atoms with van der Waals surface area (Å²) in [6.45, 7) is -0.669. The zero-order valence-corrected chi connectivity index (χ0v) is 19.1. The molecule has 3 unspecified atom stereocenters. The normalized spacial score (nSPS) is 13.5. The molecule has 0 fully saturated rings. The number of thiol groups is 1. The summed E-state index contributed by atoms with van der Waals surface area (Å²) in [7, 11) is 0. The lowest BCUT2D eigenvalue weighted by molar-refractivity contribution is -0.138. The predicted octanol–water partition coefficient (Wildman–Crippen LogP) is -1.60. The molecule has 4 amide bonds. The number of carbonyl (C=O) groups is 5. The first-order chi connectivity index (χ1) is 16.1. The van der Waals surface area contributed by atoms with Gasteiger partial charge in [0.1, 0.15) is 18.6 Å². The van der Waals surface area contributed by atoms with Crippen molar-refractivity contribution in [2.75, 3.05) is 12.3 Å². The van der Waals surface area contributed by atoms with E-state index in [-0.39, 0.29) is 25.0 Å². The van der Waals surface area contributed by atoms with E-state index in [1.807, 2.05) is 24.3 Å². The largest absolute Gasteiger partial charge is 0.480 e. The Bertz CT molecular complexity index is 1060. The van der Waals surface area contributed by atoms with Gasteiger partial charge in [-0.2, -0.15) is 12.6 Å². The highest BCUT2D eigenvalue weighted by atomic mass is 32.1. The standard InChI is InChI=1S/C21H28N6O6S/c22-13(7-11-8-24-14-4-2-1-3-12(11)14)19(31)27-16(10-34)21(33)26-15(5-6-17(23)28)20(32)25-9-18(29)30/h1-4,8,13,15-16,24,34H,5-7,9-10,22H2,(H2,23,28)(H,25,32)(H,26,33)(H,27,31)(H,29,30). The maximum Gasteiger partial charge on any atom is 0.322 e. The van der Waals surface area contributed by atoms with Crippen LogP contribution < -0.4 is 27.4 Å². The van der Waals surface area contributed by atoms with Gasteiger partial charge >= 0.3 is 5.97 Å². The maximum atomic E-state index is 12.7. The van der Waals surface area contributed by atoms with Gasteiger partial charge in [0, 0.05) is 29.3 Å². The van der Waals surface area contributed by atoms with Crippen molar-refractivity contribution in [1.29, 1.82) is 0 Å². The van der Waals surface area contributed by atoms with Crippen molar-refractivity contribution < 1.29 is 29.1 Å². The smallest absolute Gasteiger partial charge is 0.322 e. The number of hydrogen-bond acceptors (Lipinski definition) is 7. The highest BCUT2D eigenvalue weighted by molar-refractivity contribution is 7.80. The number of rotatable bonds is 13. The number of aromatic nitrogens is 1. The number of aromatic amines is 1. The van der Waals surface area contributed by atoms with E-state index >= 15 is 0 Å². The third kappa shape index (κ3) is 7.78. The number of carbonyl (C=O) groups excluding carboxylic acids is 4. The average molecular weight is 493 g/mol. The van der Waals surface area contributed by atoms with Crippen LogP contribution >= 0.6 is 12.6 Å². The topological polar surface area (TPSA) is 209 Å². The van der Waals surface area contributed by atoms with E-state index < -0.39 is 54.3 Å². The number of carboxylic acids is 1. The number of primary amides is 1. The second kappa shape index (κ2) is 12.6. The van der Waals surface area contributed by atoms with Crippen LogP contribution in [0, 0.1) is 0 Å². The average Bonchev–Trinajstić information content (AvgIpc) is 3.20. The molecule has 13 heteroatoms. The fourth-order valence-corrected chi connectivity index (χ4v) is 3.47. The lowest BCUT2D eigenvalue weighted by atomic mass is 10.0. The van der Waals surface area contributed by atoms with E-state index in [4.69, 9.17) is 16.6 Å². The minimum Gasteiger partial charge on any atom is -0.480 e. The number of para-hydroxylation sites is 1. The van der Waals surface area contributed by atoms with Gasteiger partial charge in [-0.3, -0.25) is 24.0 Å². The Morgan fingerprint density at radius 3 is 2.35 bits per heavy atom. The number of hydrogen-bond donors (Lipinski definition) is 8. The lowest BCUT2D eigenvalue weighted by Gasteiger charge is -2.23. The molecule has 1 heterocycles. The first-order valence-electron chi connectivity index (χ1n) is 10.4. The van der Waals surface area contributed by atoms with Crippen LogP contribution in [-0.2, 0) is 30.4 Å². The number of fused-ring (bicyclic) bond motifs is 1. The van der Waals surface area contributed by atoms with Crippen LogP contribution in [0.2, 0.25) is 0 Å². The molecule has 9 N–H and O–H groups in total. The molecule has 1 aromatic carbocycles. The van der Waals surface area contributed by atoms with E-state index in [0.717, 1.165) is 16.5 Å². The van der Waals surface area contributed by atoms with Gasteiger partial charge in [-0.1, -0.05) is 18.2 Å². The Morgan fingerprint density at radius 1 is 1.03 bits per heavy atom. The van der Waals surface area contributed by atoms with Crippen LogP contribution in [0.15, 0.2) is 30.5 Å². The van der Waals surface area contributed by atoms with E-state index in [0.29, 0.717) is 0 Å². The fourth-order valence-electron chi connectivity index (χ4n) is 3.22. The lowest BCUT2D eigenvalue weighted by Crippen LogP contribution is -2.57. The number of benzene rings is 1. The summed E-state index contributed by atoms with van der Waals surface area (Å²) in [5, 5.41) is 16.7. The molecule has 184 valence electrons. The summed E-state index contributed by atoms with van der Waals surface area (Å²) in [6.07, 6.45) is 1.61. The number of carboxylic acid groups (broad SMARTS) is 1. The minimum absolute atomic E-state index is 0.101. The van der Waals surface area contributed by atoms with Crippen molar-refractivity contribution in [2.45, 2.75) is 37.4 Å². The second-order valence-electron chi connectivity index (χ2n) is 7.59. The van der Waals surface area contributed by atoms with E-state index in [9.17, 15) is 24.0 Å². The van der Waals surface area contributed by atoms with Gasteiger partial charge in [-0.05, 0) is 24.5 Å². The molecule has 0 spiro atoms. The summed E-state index contributed by atoms with van der Waals surface area (Å²) < 4.78 is 0. The Labute approximate surface area is 200 Å². The number of nitrogens with two attached hydrogens (primary N) is 2. The SMILES string of the molecule is NC(=O)CCC(NC(=O)C(CS)NC(=O)C(N)Cc1c[nH]c2ccccc12)C(=O)NCC(=O)O. The van der Waals surface area contributed by atoms with Gasteiger partial charge in [0.15, 0.2) is 0 Å². The molecule has 1 aromatic heterocycles. The third-order valence-electron chi connectivity index (χ3n) is 4.99. The van der Waals surface area contributed by atoms with Gasteiger partial charge in [-0.25, -0.2) is 0 Å². The minimum atomic E-state index is -1.28. The number of H-pyrrole nitrogens is 1. The summed E-state index contributed by atoms with van der Waals surface area (Å²) in [5.41, 5.74) is 12.9. The van der Waals surface area contributed by atoms with Crippen LogP contribution in [0.25, 0.3) is 10.9 Å². The van der Waals surface area contributed by atoms with Gasteiger partial charge in [0.25, 0.3) is 0 Å². The Kier molecular flexibility index (Phi) is 9.89. The van der Waals surface area contributed by atoms with Crippen molar-refractivity contribution in [2.24, 2.45) is 11.5 Å². The van der Waals surface area contributed by atoms with Crippen LogP contribution in [0.4, 0.5) is 0 Å². The van der Waals surface area contributed by atoms with E-state index in [1.165, 1.54) is 0 Å². The summed E-state index contributed by atoms with van der Waals surface area (Å²) in [5.74, 6) is -4.23. The van der Waals surface area contributed by atoms with Crippen molar-refractivity contribution in [1.82, 2.24) is 20.9 Å². The molecule has 34 heavy (non-hydrogen) atoms. The summed E-state index contributed by atoms with van der Waals surface area (Å²) in [4.78, 5) is 62.5. The predicted molar refractivity (Wildman–Crippen MR) is 127 cm³/mol. The zero-order chi connectivity index (χ0) is 25.3. The molecule has 0 radical (unpaired) electrons. The molecule has 0 aliphatic rings. The van der Waals surface area contributed by atoms with Crippen molar-refractivity contribution >= 4 is 53.1 Å². The van der Waals surface area contributed by atoms with Gasteiger partial charge < -0.3 is 37.5 Å². The third-order valence-corrected chi connectivity index (χ3v) is 5.36. The molecule has 2 rings (SSSR count). The molecule has 3 atom stereocenters. The van der Waals surface area contributed by atoms with Crippen molar-refractivity contribution in [3.05, 3.63) is 36.0 Å². The van der Waals surface area contributed by atoms with Gasteiger partial charge in [0.05, 0.1) is 6.04 Å². The summed E-state index contributed by atoms with van der Waals surface area (Å²) >= 11 is 4.09. The highest BCUT2D eigenvalue weighted by Crippen LogP contribution is 2.18. The molecule has 0 aliphatic carbocycles. The number of aliphatic carboxylic acids is 1. The van der Waals surface area contributed by atoms with Crippen LogP contribution in [-0.4, -0.2) is 70.1 Å². The Balaban J connectivity index is 2.00. The van der Waals surface area contributed by atoms with Crippen molar-refractivity contribution in [3.63, 3.8) is 0 Å². The van der Waals surface area contributed by atoms with Gasteiger partial charge in [-0.15, -0.1) is 0 Å². The maximum absolute atomic E-state index is 12.7. The van der Waals surface area contributed by atoms with E-state index in [2.05, 4.69) is 33.6 Å². The molecule has 12 nitrogen and oxygen atoms in total. The van der Waals surface area contributed by atoms with Crippen molar-refractivity contribution in [3.8, 4) is 0 Å². The molecular weight excluding hydrogens is 464 g/mol. The monoisotopic (exact) mass is 492 g/mol. The van der Waals surface area contributed by atoms with Crippen LogP contribution in [0.5, 0.6) is 0 Å². The Hall–Kier alpha value is -3.58. The highest BCUT2D eigenvalue weighted by Gasteiger charge is 2.28. The molecule has 0 aliphatic heterocycles. The molecule has 0 bridgehead atoms. The number of amides is 4. The zero-order valence-electron chi connectivity index (χ0n) is 18.2. The molecule has 0 saturated heterocycles. The molecule has 0 saturated carbocycles. The Morgan fingerprint density at radius 2 is 1.71 bits per heavy atom. The van der Waals surface area contributed by atoms with E-state index in [1.54, 1.807) is 6.20 Å². The van der Waals surface area contributed by atoms with Crippen LogP contribution in [0.3, 0.4) is 0 Å². The molecular formula is C21H28N6O6S. The van der Waals surface area contributed by atoms with Gasteiger partial charge in [0.2, 0.25) is 23.6 Å². The first kappa shape index (κ1) is 26.7. The van der Waals surface area contributed by atoms with Crippen LogP contribution in [0.1, 0.15) is 18.4 Å². The number of nitrogens with one attached hydrogen (secondary N) is 4. The second-order valence-corrected chi connectivity index (χ2v) is 7.96. The fraction of sp³-hybridized carbons (Fsp3) is 0.381.